The fraction of sp³-hybridized carbons (Fsp3) is 0.455. The molecule has 0 aliphatic heterocycles. The van der Waals surface area contributed by atoms with Gasteiger partial charge in [0, 0.05) is 12.6 Å². The van der Waals surface area contributed by atoms with Gasteiger partial charge in [-0.1, -0.05) is 18.3 Å². The molecule has 19 heavy (non-hydrogen) atoms. The molecule has 0 atom stereocenters. The van der Waals surface area contributed by atoms with Crippen molar-refractivity contribution >= 4 is 22.3 Å². The van der Waals surface area contributed by atoms with E-state index in [4.69, 9.17) is 5.11 Å². The number of rotatable bonds is 6. The lowest BCUT2D eigenvalue weighted by molar-refractivity contribution is -0.138. The van der Waals surface area contributed by atoms with E-state index in [1.165, 1.54) is 21.9 Å². The van der Waals surface area contributed by atoms with Crippen molar-refractivity contribution in [3.63, 3.8) is 0 Å². The van der Waals surface area contributed by atoms with Crippen molar-refractivity contribution < 1.29 is 9.90 Å². The summed E-state index contributed by atoms with van der Waals surface area (Å²) in [6, 6.07) is 1.40. The molecule has 1 N–H and O–H groups in total. The Balaban J connectivity index is 2.22. The van der Waals surface area contributed by atoms with Crippen LogP contribution in [0, 0.1) is 0 Å². The van der Waals surface area contributed by atoms with Crippen LogP contribution in [0.1, 0.15) is 19.0 Å². The van der Waals surface area contributed by atoms with Gasteiger partial charge in [-0.25, -0.2) is 4.98 Å². The van der Waals surface area contributed by atoms with E-state index in [0.717, 1.165) is 6.42 Å². The number of aromatic nitrogens is 3. The molecule has 0 amide bonds. The maximum Gasteiger partial charge on any atom is 0.317 e. The maximum atomic E-state index is 11.8. The van der Waals surface area contributed by atoms with Gasteiger partial charge in [0.1, 0.15) is 5.51 Å². The molecule has 2 heterocycles. The topological polar surface area (TPSA) is 87.8 Å². The smallest absolute Gasteiger partial charge is 0.317 e. The molecule has 2 aromatic rings. The molecule has 8 heteroatoms. The van der Waals surface area contributed by atoms with E-state index in [-0.39, 0.29) is 12.1 Å². The second-order valence-electron chi connectivity index (χ2n) is 4.12. The third kappa shape index (κ3) is 3.36. The molecular weight excluding hydrogens is 268 g/mol. The average molecular weight is 282 g/mol. The van der Waals surface area contributed by atoms with Crippen LogP contribution in [0.2, 0.25) is 0 Å². The van der Waals surface area contributed by atoms with Crippen molar-refractivity contribution in [2.75, 3.05) is 13.1 Å². The van der Waals surface area contributed by atoms with Crippen LogP contribution < -0.4 is 5.56 Å². The van der Waals surface area contributed by atoms with Crippen molar-refractivity contribution in [1.82, 2.24) is 19.5 Å². The zero-order valence-corrected chi connectivity index (χ0v) is 11.3. The minimum atomic E-state index is -0.885. The van der Waals surface area contributed by atoms with Crippen LogP contribution in [0.25, 0.3) is 4.96 Å². The Morgan fingerprint density at radius 2 is 2.37 bits per heavy atom. The normalized spacial score (nSPS) is 11.3. The molecule has 102 valence electrons. The Bertz CT molecular complexity index is 636. The number of hydrogen-bond donors (Lipinski definition) is 1. The lowest BCUT2D eigenvalue weighted by atomic mass is 10.3. The molecule has 0 saturated heterocycles. The van der Waals surface area contributed by atoms with Gasteiger partial charge in [0.2, 0.25) is 4.96 Å². The van der Waals surface area contributed by atoms with Crippen molar-refractivity contribution in [2.45, 2.75) is 19.9 Å². The van der Waals surface area contributed by atoms with Crippen molar-refractivity contribution in [2.24, 2.45) is 0 Å². The first-order valence-electron chi connectivity index (χ1n) is 5.86. The molecule has 0 aliphatic rings. The van der Waals surface area contributed by atoms with Crippen LogP contribution in [-0.2, 0) is 11.3 Å². The number of carboxylic acid groups (broad SMARTS) is 1. The summed E-state index contributed by atoms with van der Waals surface area (Å²) in [5.74, 6) is -0.885. The molecule has 0 saturated carbocycles. The van der Waals surface area contributed by atoms with Crippen LogP contribution >= 0.6 is 11.3 Å². The predicted molar refractivity (Wildman–Crippen MR) is 70.3 cm³/mol. The van der Waals surface area contributed by atoms with Gasteiger partial charge in [-0.2, -0.15) is 9.61 Å². The minimum absolute atomic E-state index is 0.0580. The van der Waals surface area contributed by atoms with Gasteiger partial charge >= 0.3 is 5.97 Å². The zero-order chi connectivity index (χ0) is 13.8. The van der Waals surface area contributed by atoms with E-state index in [0.29, 0.717) is 23.7 Å². The standard InChI is InChI=1S/C11H14N4O3S/c1-2-3-14(6-10(17)18)5-8-4-9(16)15-11(13-8)19-7-12-15/h4,7H,2-3,5-6H2,1H3,(H,17,18). The summed E-state index contributed by atoms with van der Waals surface area (Å²) in [6.07, 6.45) is 0.842. The highest BCUT2D eigenvalue weighted by atomic mass is 32.1. The summed E-state index contributed by atoms with van der Waals surface area (Å²) in [6.45, 7) is 2.92. The van der Waals surface area contributed by atoms with E-state index in [9.17, 15) is 9.59 Å². The summed E-state index contributed by atoms with van der Waals surface area (Å²) in [7, 11) is 0. The summed E-state index contributed by atoms with van der Waals surface area (Å²) >= 11 is 1.28. The number of nitrogens with zero attached hydrogens (tertiary/aromatic N) is 4. The third-order valence-electron chi connectivity index (χ3n) is 2.52. The highest BCUT2D eigenvalue weighted by Gasteiger charge is 2.12. The third-order valence-corrected chi connectivity index (χ3v) is 3.20. The fourth-order valence-corrected chi connectivity index (χ4v) is 2.48. The van der Waals surface area contributed by atoms with Gasteiger partial charge in [0.05, 0.1) is 12.2 Å². The van der Waals surface area contributed by atoms with Crippen LogP contribution in [0.4, 0.5) is 0 Å². The summed E-state index contributed by atoms with van der Waals surface area (Å²) in [5.41, 5.74) is 1.88. The van der Waals surface area contributed by atoms with Crippen LogP contribution in [0.5, 0.6) is 0 Å². The quantitative estimate of drug-likeness (QED) is 0.827. The Hall–Kier alpha value is -1.80. The minimum Gasteiger partial charge on any atom is -0.480 e. The highest BCUT2D eigenvalue weighted by molar-refractivity contribution is 7.14. The number of carbonyl (C=O) groups is 1. The lowest BCUT2D eigenvalue weighted by Gasteiger charge is -2.18. The molecule has 0 fully saturated rings. The Morgan fingerprint density at radius 1 is 1.58 bits per heavy atom. The first-order chi connectivity index (χ1) is 9.10. The largest absolute Gasteiger partial charge is 0.480 e. The molecule has 0 spiro atoms. The predicted octanol–water partition coefficient (Wildman–Crippen LogP) is 0.448. The lowest BCUT2D eigenvalue weighted by Crippen LogP contribution is -2.31. The number of hydrogen-bond acceptors (Lipinski definition) is 6. The molecule has 7 nitrogen and oxygen atoms in total. The van der Waals surface area contributed by atoms with Crippen molar-refractivity contribution in [3.05, 3.63) is 27.6 Å². The van der Waals surface area contributed by atoms with Gasteiger partial charge in [-0.15, -0.1) is 0 Å². The first-order valence-corrected chi connectivity index (χ1v) is 6.74. The maximum absolute atomic E-state index is 11.8. The van der Waals surface area contributed by atoms with Crippen LogP contribution in [-0.4, -0.2) is 43.7 Å². The van der Waals surface area contributed by atoms with E-state index in [2.05, 4.69) is 10.1 Å². The molecule has 0 unspecified atom stereocenters. The summed E-state index contributed by atoms with van der Waals surface area (Å²) < 4.78 is 1.23. The van der Waals surface area contributed by atoms with Gasteiger partial charge in [0.25, 0.3) is 5.56 Å². The monoisotopic (exact) mass is 282 g/mol. The second kappa shape index (κ2) is 5.89. The number of aliphatic carboxylic acids is 1. The van der Waals surface area contributed by atoms with Crippen LogP contribution in [0.15, 0.2) is 16.4 Å². The molecule has 2 aromatic heterocycles. The Labute approximate surface area is 113 Å². The average Bonchev–Trinajstić information content (AvgIpc) is 2.77. The van der Waals surface area contributed by atoms with E-state index in [1.54, 1.807) is 10.4 Å². The SMILES string of the molecule is CCCN(CC(=O)O)Cc1cc(=O)n2ncsc2n1. The van der Waals surface area contributed by atoms with Crippen molar-refractivity contribution in [1.29, 1.82) is 0 Å². The molecule has 2 rings (SSSR count). The van der Waals surface area contributed by atoms with Gasteiger partial charge in [0.15, 0.2) is 0 Å². The van der Waals surface area contributed by atoms with Gasteiger partial charge in [-0.3, -0.25) is 14.5 Å². The fourth-order valence-electron chi connectivity index (χ4n) is 1.83. The zero-order valence-electron chi connectivity index (χ0n) is 10.4. The number of carboxylic acids is 1. The second-order valence-corrected chi connectivity index (χ2v) is 4.93. The highest BCUT2D eigenvalue weighted by Crippen LogP contribution is 2.06. The number of fused-ring (bicyclic) bond motifs is 1. The van der Waals surface area contributed by atoms with Gasteiger partial charge in [-0.05, 0) is 13.0 Å². The molecule has 0 radical (unpaired) electrons. The molecule has 0 aliphatic carbocycles. The van der Waals surface area contributed by atoms with Crippen molar-refractivity contribution in [3.8, 4) is 0 Å². The Kier molecular flexibility index (Phi) is 4.23. The van der Waals surface area contributed by atoms with Crippen LogP contribution in [0.3, 0.4) is 0 Å². The Morgan fingerprint density at radius 3 is 3.05 bits per heavy atom. The van der Waals surface area contributed by atoms with E-state index >= 15 is 0 Å². The summed E-state index contributed by atoms with van der Waals surface area (Å²) in [4.78, 5) is 29.1. The van der Waals surface area contributed by atoms with Gasteiger partial charge < -0.3 is 5.11 Å². The molecule has 0 bridgehead atoms. The molecule has 0 aromatic carbocycles. The first kappa shape index (κ1) is 13.6. The molecular formula is C11H14N4O3S. The summed E-state index contributed by atoms with van der Waals surface area (Å²) in [5, 5.41) is 12.7. The van der Waals surface area contributed by atoms with E-state index in [1.807, 2.05) is 6.92 Å². The van der Waals surface area contributed by atoms with E-state index < -0.39 is 5.97 Å².